The second-order valence-electron chi connectivity index (χ2n) is 4.61. The van der Waals surface area contributed by atoms with Crippen LogP contribution in [0.2, 0.25) is 0 Å². The molecule has 66 valence electrons. The Balaban J connectivity index is 1.82. The summed E-state index contributed by atoms with van der Waals surface area (Å²) in [6.45, 7) is 0.985. The van der Waals surface area contributed by atoms with Gasteiger partial charge in [-0.1, -0.05) is 12.8 Å². The van der Waals surface area contributed by atoms with Gasteiger partial charge >= 0.3 is 0 Å². The van der Waals surface area contributed by atoms with Crippen LogP contribution < -0.4 is 0 Å². The smallest absolute Gasteiger partial charge is 0.0939 e. The van der Waals surface area contributed by atoms with Crippen LogP contribution in [0.25, 0.3) is 0 Å². The van der Waals surface area contributed by atoms with Crippen LogP contribution in [0.5, 0.6) is 0 Å². The lowest BCUT2D eigenvalue weighted by Crippen LogP contribution is -2.22. The van der Waals surface area contributed by atoms with Crippen LogP contribution in [-0.2, 0) is 4.74 Å². The number of rotatable bonds is 0. The van der Waals surface area contributed by atoms with E-state index in [0.717, 1.165) is 24.4 Å². The normalized spacial score (nSPS) is 44.7. The predicted molar refractivity (Wildman–Crippen MR) is 47.6 cm³/mol. The Labute approximate surface area is 73.8 Å². The highest BCUT2D eigenvalue weighted by molar-refractivity contribution is 5.13. The molecule has 0 radical (unpaired) electrons. The van der Waals surface area contributed by atoms with Crippen molar-refractivity contribution in [2.75, 3.05) is 6.61 Å². The molecule has 2 saturated carbocycles. The molecule has 1 nitrogen and oxygen atoms in total. The molecule has 3 atom stereocenters. The maximum Gasteiger partial charge on any atom is 0.0939 e. The maximum absolute atomic E-state index is 5.39. The summed E-state index contributed by atoms with van der Waals surface area (Å²) in [5, 5.41) is 0. The van der Waals surface area contributed by atoms with Gasteiger partial charge in [0.25, 0.3) is 0 Å². The van der Waals surface area contributed by atoms with Crippen molar-refractivity contribution in [3.63, 3.8) is 0 Å². The standard InChI is InChI=1S/C11H16O/c1-2-8-4-10-6-12-7-11(10)5-9(8)3-1/h6,8-9,11H,1-5,7H2. The first kappa shape index (κ1) is 6.99. The molecule has 2 fully saturated rings. The Hall–Kier alpha value is -0.460. The first-order valence-corrected chi connectivity index (χ1v) is 5.24. The van der Waals surface area contributed by atoms with E-state index in [1.165, 1.54) is 32.1 Å². The van der Waals surface area contributed by atoms with E-state index >= 15 is 0 Å². The minimum absolute atomic E-state index is 0.810. The molecular formula is C11H16O. The van der Waals surface area contributed by atoms with Crippen LogP contribution in [0.3, 0.4) is 0 Å². The Morgan fingerprint density at radius 1 is 1.25 bits per heavy atom. The first-order valence-electron chi connectivity index (χ1n) is 5.24. The van der Waals surface area contributed by atoms with Gasteiger partial charge in [-0.25, -0.2) is 0 Å². The molecule has 12 heavy (non-hydrogen) atoms. The molecule has 0 N–H and O–H groups in total. The van der Waals surface area contributed by atoms with Crippen molar-refractivity contribution in [2.45, 2.75) is 32.1 Å². The van der Waals surface area contributed by atoms with Crippen molar-refractivity contribution < 1.29 is 4.74 Å². The van der Waals surface area contributed by atoms with Crippen LogP contribution in [0.4, 0.5) is 0 Å². The monoisotopic (exact) mass is 164 g/mol. The molecular weight excluding hydrogens is 148 g/mol. The Kier molecular flexibility index (Phi) is 1.46. The van der Waals surface area contributed by atoms with E-state index in [1.54, 1.807) is 5.57 Å². The third kappa shape index (κ3) is 0.917. The third-order valence-electron chi connectivity index (χ3n) is 3.96. The lowest BCUT2D eigenvalue weighted by molar-refractivity contribution is 0.204. The van der Waals surface area contributed by atoms with E-state index in [9.17, 15) is 0 Å². The fourth-order valence-corrected chi connectivity index (χ4v) is 3.27. The quantitative estimate of drug-likeness (QED) is 0.535. The van der Waals surface area contributed by atoms with E-state index in [4.69, 9.17) is 4.74 Å². The van der Waals surface area contributed by atoms with Gasteiger partial charge in [0.05, 0.1) is 12.9 Å². The molecule has 0 aromatic heterocycles. The molecule has 1 heteroatoms. The zero-order valence-corrected chi connectivity index (χ0v) is 7.46. The molecule has 3 rings (SSSR count). The van der Waals surface area contributed by atoms with Crippen LogP contribution in [0.15, 0.2) is 11.8 Å². The SMILES string of the molecule is C1=C2CC3CCCC3CC2CO1. The number of ether oxygens (including phenoxy) is 1. The molecule has 2 aliphatic carbocycles. The van der Waals surface area contributed by atoms with Gasteiger partial charge in [0.2, 0.25) is 0 Å². The highest BCUT2D eigenvalue weighted by atomic mass is 16.5. The van der Waals surface area contributed by atoms with Gasteiger partial charge in [-0.3, -0.25) is 0 Å². The number of fused-ring (bicyclic) bond motifs is 2. The summed E-state index contributed by atoms with van der Waals surface area (Å²) in [6.07, 6.45) is 9.28. The average Bonchev–Trinajstić information content (AvgIpc) is 2.64. The highest BCUT2D eigenvalue weighted by Gasteiger charge is 2.38. The molecule has 0 aromatic carbocycles. The van der Waals surface area contributed by atoms with Crippen molar-refractivity contribution in [3.05, 3.63) is 11.8 Å². The average molecular weight is 164 g/mol. The molecule has 3 unspecified atom stereocenters. The van der Waals surface area contributed by atoms with Crippen LogP contribution in [-0.4, -0.2) is 6.61 Å². The summed E-state index contributed by atoms with van der Waals surface area (Å²) >= 11 is 0. The van der Waals surface area contributed by atoms with Crippen molar-refractivity contribution >= 4 is 0 Å². The van der Waals surface area contributed by atoms with E-state index in [1.807, 2.05) is 6.26 Å². The van der Waals surface area contributed by atoms with Gasteiger partial charge in [0, 0.05) is 5.92 Å². The Morgan fingerprint density at radius 3 is 3.17 bits per heavy atom. The highest BCUT2D eigenvalue weighted by Crippen LogP contribution is 2.47. The summed E-state index contributed by atoms with van der Waals surface area (Å²) in [5.74, 6) is 2.88. The van der Waals surface area contributed by atoms with Gasteiger partial charge in [-0.2, -0.15) is 0 Å². The van der Waals surface area contributed by atoms with E-state index < -0.39 is 0 Å². The Morgan fingerprint density at radius 2 is 2.17 bits per heavy atom. The second-order valence-corrected chi connectivity index (χ2v) is 4.61. The molecule has 0 bridgehead atoms. The Bertz CT molecular complexity index is 219. The molecule has 0 amide bonds. The molecule has 3 aliphatic rings. The summed E-state index contributed by atoms with van der Waals surface area (Å²) in [6, 6.07) is 0. The second kappa shape index (κ2) is 2.51. The summed E-state index contributed by atoms with van der Waals surface area (Å²) in [7, 11) is 0. The van der Waals surface area contributed by atoms with E-state index in [-0.39, 0.29) is 0 Å². The van der Waals surface area contributed by atoms with Crippen molar-refractivity contribution in [1.29, 1.82) is 0 Å². The maximum atomic E-state index is 5.39. The summed E-state index contributed by atoms with van der Waals surface area (Å²) < 4.78 is 5.39. The molecule has 1 heterocycles. The zero-order chi connectivity index (χ0) is 7.97. The summed E-state index contributed by atoms with van der Waals surface area (Å²) in [5.41, 5.74) is 1.62. The minimum Gasteiger partial charge on any atom is -0.501 e. The number of hydrogen-bond donors (Lipinski definition) is 0. The number of hydrogen-bond acceptors (Lipinski definition) is 1. The van der Waals surface area contributed by atoms with Crippen LogP contribution in [0.1, 0.15) is 32.1 Å². The molecule has 0 aromatic rings. The van der Waals surface area contributed by atoms with Crippen molar-refractivity contribution in [3.8, 4) is 0 Å². The first-order chi connectivity index (χ1) is 5.93. The molecule has 0 spiro atoms. The van der Waals surface area contributed by atoms with Gasteiger partial charge in [-0.15, -0.1) is 0 Å². The van der Waals surface area contributed by atoms with Crippen LogP contribution in [0, 0.1) is 17.8 Å². The van der Waals surface area contributed by atoms with Gasteiger partial charge in [0.1, 0.15) is 0 Å². The molecule has 1 aliphatic heterocycles. The van der Waals surface area contributed by atoms with E-state index in [0.29, 0.717) is 0 Å². The van der Waals surface area contributed by atoms with Gasteiger partial charge < -0.3 is 4.74 Å². The fraction of sp³-hybridized carbons (Fsp3) is 0.818. The minimum atomic E-state index is 0.810. The predicted octanol–water partition coefficient (Wildman–Crippen LogP) is 2.73. The van der Waals surface area contributed by atoms with Gasteiger partial charge in [0.15, 0.2) is 0 Å². The van der Waals surface area contributed by atoms with Gasteiger partial charge in [-0.05, 0) is 36.7 Å². The molecule has 0 saturated heterocycles. The topological polar surface area (TPSA) is 9.23 Å². The van der Waals surface area contributed by atoms with E-state index in [2.05, 4.69) is 0 Å². The van der Waals surface area contributed by atoms with Crippen LogP contribution >= 0.6 is 0 Å². The summed E-state index contributed by atoms with van der Waals surface area (Å²) in [4.78, 5) is 0. The lowest BCUT2D eigenvalue weighted by atomic mass is 9.74. The van der Waals surface area contributed by atoms with Crippen molar-refractivity contribution in [2.24, 2.45) is 17.8 Å². The zero-order valence-electron chi connectivity index (χ0n) is 7.46. The fourth-order valence-electron chi connectivity index (χ4n) is 3.27. The largest absolute Gasteiger partial charge is 0.501 e. The third-order valence-corrected chi connectivity index (χ3v) is 3.96. The van der Waals surface area contributed by atoms with Crippen molar-refractivity contribution in [1.82, 2.24) is 0 Å². The lowest BCUT2D eigenvalue weighted by Gasteiger charge is -2.30.